The molecule has 0 bridgehead atoms. The van der Waals surface area contributed by atoms with Gasteiger partial charge >= 0.3 is 51.4 Å². The van der Waals surface area contributed by atoms with Crippen LogP contribution >= 0.6 is 0 Å². The SMILES string of the molecule is C[C@]12CCC3c4ccc(OS(=O)(=O)[O-])cc4CCC3C1CCC2=O.[K+]. The molecule has 0 aliphatic heterocycles. The molecule has 25 heavy (non-hydrogen) atoms. The molecule has 0 spiro atoms. The fraction of sp³-hybridized carbons (Fsp3) is 0.611. The van der Waals surface area contributed by atoms with Crippen LogP contribution in [0.15, 0.2) is 18.2 Å². The van der Waals surface area contributed by atoms with Crippen LogP contribution in [0.3, 0.4) is 0 Å². The molecule has 0 saturated heterocycles. The van der Waals surface area contributed by atoms with E-state index in [9.17, 15) is 17.8 Å². The van der Waals surface area contributed by atoms with Crippen molar-refractivity contribution in [2.75, 3.05) is 0 Å². The Morgan fingerprint density at radius 1 is 1.20 bits per heavy atom. The van der Waals surface area contributed by atoms with Crippen molar-refractivity contribution in [3.63, 3.8) is 0 Å². The summed E-state index contributed by atoms with van der Waals surface area (Å²) >= 11 is 0. The minimum Gasteiger partial charge on any atom is -0.716 e. The number of fused-ring (bicyclic) bond motifs is 5. The van der Waals surface area contributed by atoms with Gasteiger partial charge in [-0.25, -0.2) is 8.42 Å². The van der Waals surface area contributed by atoms with Gasteiger partial charge < -0.3 is 8.74 Å². The minimum absolute atomic E-state index is 0. The molecular weight excluding hydrogens is 367 g/mol. The molecule has 4 rings (SSSR count). The van der Waals surface area contributed by atoms with Crippen molar-refractivity contribution in [2.45, 2.75) is 51.4 Å². The van der Waals surface area contributed by atoms with E-state index in [-0.39, 0.29) is 62.5 Å². The molecule has 0 N–H and O–H groups in total. The quantitative estimate of drug-likeness (QED) is 0.403. The van der Waals surface area contributed by atoms with Crippen molar-refractivity contribution in [1.82, 2.24) is 0 Å². The fourth-order valence-corrected chi connectivity index (χ4v) is 5.84. The third-order valence-electron chi connectivity index (χ3n) is 6.61. The molecule has 4 atom stereocenters. The van der Waals surface area contributed by atoms with Gasteiger partial charge in [-0.1, -0.05) is 13.0 Å². The molecule has 1 aromatic carbocycles. The number of aryl methyl sites for hydroxylation is 1. The van der Waals surface area contributed by atoms with Gasteiger partial charge in [-0.15, -0.1) is 0 Å². The van der Waals surface area contributed by atoms with Gasteiger partial charge in [0.25, 0.3) is 10.4 Å². The molecule has 3 aliphatic rings. The van der Waals surface area contributed by atoms with E-state index < -0.39 is 10.4 Å². The predicted molar refractivity (Wildman–Crippen MR) is 86.4 cm³/mol. The largest absolute Gasteiger partial charge is 1.00 e. The molecule has 0 amide bonds. The van der Waals surface area contributed by atoms with Crippen LogP contribution in [0.2, 0.25) is 0 Å². The molecule has 0 aromatic heterocycles. The minimum atomic E-state index is -4.74. The Kier molecular flexibility index (Phi) is 5.60. The van der Waals surface area contributed by atoms with Crippen LogP contribution in [0.25, 0.3) is 0 Å². The first-order chi connectivity index (χ1) is 11.3. The molecule has 5 nitrogen and oxygen atoms in total. The standard InChI is InChI=1S/C18H22O5S.K/c1-18-9-8-14-13-5-3-12(23-24(20,21)22)10-11(13)2-4-15(14)16(18)6-7-17(18)19;/h3,5,10,14-16H,2,4,6-9H2,1H3,(H,20,21,22);/q;+1/p-1/t14?,15?,16?,18-;/m0./s1. The van der Waals surface area contributed by atoms with E-state index in [1.807, 2.05) is 6.07 Å². The van der Waals surface area contributed by atoms with Gasteiger partial charge in [0, 0.05) is 11.8 Å². The maximum Gasteiger partial charge on any atom is 1.00 e. The topological polar surface area (TPSA) is 83.5 Å². The van der Waals surface area contributed by atoms with Crippen molar-refractivity contribution in [2.24, 2.45) is 17.3 Å². The molecule has 3 aliphatic carbocycles. The summed E-state index contributed by atoms with van der Waals surface area (Å²) in [6.07, 6.45) is 5.50. The number of carbonyl (C=O) groups excluding carboxylic acids is 1. The van der Waals surface area contributed by atoms with Crippen molar-refractivity contribution >= 4 is 16.2 Å². The van der Waals surface area contributed by atoms with Gasteiger partial charge in [0.2, 0.25) is 0 Å². The van der Waals surface area contributed by atoms with E-state index in [2.05, 4.69) is 11.1 Å². The predicted octanol–water partition coefficient (Wildman–Crippen LogP) is -0.0452. The molecule has 2 fully saturated rings. The second-order valence-corrected chi connectivity index (χ2v) is 8.67. The second-order valence-electron chi connectivity index (χ2n) is 7.69. The van der Waals surface area contributed by atoms with Gasteiger partial charge in [0.15, 0.2) is 0 Å². The van der Waals surface area contributed by atoms with E-state index >= 15 is 0 Å². The van der Waals surface area contributed by atoms with Gasteiger partial charge in [-0.05, 0) is 73.1 Å². The average Bonchev–Trinajstić information content (AvgIpc) is 2.81. The summed E-state index contributed by atoms with van der Waals surface area (Å²) < 4.78 is 36.8. The van der Waals surface area contributed by atoms with Gasteiger partial charge in [-0.3, -0.25) is 4.79 Å². The summed E-state index contributed by atoms with van der Waals surface area (Å²) in [5, 5.41) is 0. The van der Waals surface area contributed by atoms with E-state index in [1.54, 1.807) is 12.1 Å². The average molecular weight is 389 g/mol. The summed E-state index contributed by atoms with van der Waals surface area (Å²) in [7, 11) is -4.74. The molecule has 2 saturated carbocycles. The van der Waals surface area contributed by atoms with Crippen molar-refractivity contribution in [3.8, 4) is 5.75 Å². The second kappa shape index (κ2) is 7.00. The molecule has 130 valence electrons. The first kappa shape index (κ1) is 20.0. The summed E-state index contributed by atoms with van der Waals surface area (Å²) in [6.45, 7) is 2.15. The summed E-state index contributed by atoms with van der Waals surface area (Å²) in [4.78, 5) is 12.3. The van der Waals surface area contributed by atoms with Crippen molar-refractivity contribution < 1.29 is 73.3 Å². The first-order valence-electron chi connectivity index (χ1n) is 8.59. The van der Waals surface area contributed by atoms with Crippen LogP contribution in [-0.2, 0) is 21.6 Å². The Labute approximate surface area is 191 Å². The number of ketones is 1. The van der Waals surface area contributed by atoms with Crippen LogP contribution in [0.1, 0.15) is 56.1 Å². The van der Waals surface area contributed by atoms with Gasteiger partial charge in [0.05, 0.1) is 0 Å². The smallest absolute Gasteiger partial charge is 0.716 e. The van der Waals surface area contributed by atoms with Crippen molar-refractivity contribution in [3.05, 3.63) is 29.3 Å². The first-order valence-corrected chi connectivity index (χ1v) is 9.93. The van der Waals surface area contributed by atoms with Crippen LogP contribution in [-0.4, -0.2) is 18.8 Å². The molecule has 1 aromatic rings. The number of hydrogen-bond acceptors (Lipinski definition) is 5. The Balaban J connectivity index is 0.00000182. The Bertz CT molecular complexity index is 806. The molecule has 0 heterocycles. The number of Topliss-reactive ketones (excluding diaryl/α,β-unsaturated/α-hetero) is 1. The third kappa shape index (κ3) is 3.53. The monoisotopic (exact) mass is 388 g/mol. The molecular formula is C18H21KO5S. The zero-order chi connectivity index (χ0) is 17.1. The molecule has 0 radical (unpaired) electrons. The van der Waals surface area contributed by atoms with Crippen LogP contribution < -0.4 is 55.6 Å². The fourth-order valence-electron chi connectivity index (χ4n) is 5.50. The number of benzene rings is 1. The normalized spacial score (nSPS) is 33.7. The zero-order valence-electron chi connectivity index (χ0n) is 14.7. The van der Waals surface area contributed by atoms with Gasteiger partial charge in [-0.2, -0.15) is 0 Å². The number of rotatable bonds is 2. The van der Waals surface area contributed by atoms with Gasteiger partial charge in [0.1, 0.15) is 11.5 Å². The number of carbonyl (C=O) groups is 1. The third-order valence-corrected chi connectivity index (χ3v) is 7.00. The van der Waals surface area contributed by atoms with Crippen LogP contribution in [0.5, 0.6) is 5.75 Å². The van der Waals surface area contributed by atoms with Crippen LogP contribution in [0, 0.1) is 17.3 Å². The zero-order valence-corrected chi connectivity index (χ0v) is 18.6. The Morgan fingerprint density at radius 3 is 2.68 bits per heavy atom. The van der Waals surface area contributed by atoms with Crippen molar-refractivity contribution in [1.29, 1.82) is 0 Å². The summed E-state index contributed by atoms with van der Waals surface area (Å²) in [6, 6.07) is 5.17. The maximum atomic E-state index is 12.3. The van der Waals surface area contributed by atoms with E-state index in [0.717, 1.165) is 37.7 Å². The van der Waals surface area contributed by atoms with E-state index in [4.69, 9.17) is 0 Å². The summed E-state index contributed by atoms with van der Waals surface area (Å²) in [5.74, 6) is 1.95. The van der Waals surface area contributed by atoms with E-state index in [0.29, 0.717) is 30.0 Å². The Hall–Kier alpha value is 0.236. The van der Waals surface area contributed by atoms with E-state index in [1.165, 1.54) is 5.56 Å². The Morgan fingerprint density at radius 2 is 1.96 bits per heavy atom. The van der Waals surface area contributed by atoms with Crippen LogP contribution in [0.4, 0.5) is 0 Å². The molecule has 3 unspecified atom stereocenters. The number of hydrogen-bond donors (Lipinski definition) is 0. The summed E-state index contributed by atoms with van der Waals surface area (Å²) in [5.41, 5.74) is 2.17. The molecule has 7 heteroatoms. The maximum absolute atomic E-state index is 12.3.